The van der Waals surface area contributed by atoms with E-state index in [-0.39, 0.29) is 11.5 Å². The smallest absolute Gasteiger partial charge is 0.157 e. The predicted octanol–water partition coefficient (Wildman–Crippen LogP) is 3.64. The van der Waals surface area contributed by atoms with Gasteiger partial charge in [-0.05, 0) is 73.1 Å². The van der Waals surface area contributed by atoms with Crippen molar-refractivity contribution < 1.29 is 10.2 Å². The fourth-order valence-electron chi connectivity index (χ4n) is 3.89. The molecule has 2 aliphatic carbocycles. The molecule has 0 spiro atoms. The van der Waals surface area contributed by atoms with Gasteiger partial charge in [0.15, 0.2) is 11.5 Å². The van der Waals surface area contributed by atoms with Crippen LogP contribution in [-0.4, -0.2) is 10.2 Å². The van der Waals surface area contributed by atoms with E-state index in [1.807, 2.05) is 0 Å². The highest BCUT2D eigenvalue weighted by Crippen LogP contribution is 2.42. The van der Waals surface area contributed by atoms with Gasteiger partial charge in [-0.3, -0.25) is 0 Å². The summed E-state index contributed by atoms with van der Waals surface area (Å²) < 4.78 is 0. The lowest BCUT2D eigenvalue weighted by Crippen LogP contribution is -2.21. The Morgan fingerprint density at radius 1 is 0.944 bits per heavy atom. The second kappa shape index (κ2) is 4.49. The Labute approximate surface area is 109 Å². The van der Waals surface area contributed by atoms with Crippen LogP contribution in [0, 0.1) is 17.8 Å². The first-order chi connectivity index (χ1) is 8.63. The number of hydrogen-bond donors (Lipinski definition) is 2. The minimum absolute atomic E-state index is 0.0293. The number of aromatic hydroxyl groups is 2. The molecule has 1 fully saturated rings. The van der Waals surface area contributed by atoms with E-state index < -0.39 is 0 Å². The lowest BCUT2D eigenvalue weighted by Gasteiger charge is -2.29. The molecule has 18 heavy (non-hydrogen) atoms. The lowest BCUT2D eigenvalue weighted by atomic mass is 9.76. The largest absolute Gasteiger partial charge is 0.504 e. The van der Waals surface area contributed by atoms with Crippen LogP contribution >= 0.6 is 0 Å². The molecule has 3 rings (SSSR count). The third-order valence-electron chi connectivity index (χ3n) is 4.97. The molecule has 0 aliphatic heterocycles. The van der Waals surface area contributed by atoms with Gasteiger partial charge >= 0.3 is 0 Å². The standard InChI is InChI=1S/C16H22O2/c1-10-2-3-11(6-10)12-4-5-13-8-15(17)16(18)9-14(13)7-12/h8-12,17-18H,2-7H2,1H3. The molecule has 0 heterocycles. The molecule has 0 bridgehead atoms. The summed E-state index contributed by atoms with van der Waals surface area (Å²) in [5.41, 5.74) is 2.48. The van der Waals surface area contributed by atoms with Crippen LogP contribution in [0.25, 0.3) is 0 Å². The molecular formula is C16H22O2. The van der Waals surface area contributed by atoms with Crippen LogP contribution in [0.4, 0.5) is 0 Å². The molecule has 0 amide bonds. The normalized spacial score (nSPS) is 31.3. The van der Waals surface area contributed by atoms with Crippen molar-refractivity contribution in [3.8, 4) is 11.5 Å². The van der Waals surface area contributed by atoms with Crippen LogP contribution in [0.15, 0.2) is 12.1 Å². The van der Waals surface area contributed by atoms with Gasteiger partial charge < -0.3 is 10.2 Å². The van der Waals surface area contributed by atoms with Crippen molar-refractivity contribution in [3.63, 3.8) is 0 Å². The van der Waals surface area contributed by atoms with Crippen LogP contribution in [0.2, 0.25) is 0 Å². The molecule has 3 atom stereocenters. The minimum Gasteiger partial charge on any atom is -0.504 e. The van der Waals surface area contributed by atoms with Crippen molar-refractivity contribution in [1.82, 2.24) is 0 Å². The predicted molar refractivity (Wildman–Crippen MR) is 71.8 cm³/mol. The molecule has 98 valence electrons. The monoisotopic (exact) mass is 246 g/mol. The van der Waals surface area contributed by atoms with Crippen LogP contribution in [0.5, 0.6) is 11.5 Å². The van der Waals surface area contributed by atoms with E-state index in [2.05, 4.69) is 6.92 Å². The average molecular weight is 246 g/mol. The number of fused-ring (bicyclic) bond motifs is 1. The SMILES string of the molecule is CC1CCC(C2CCc3cc(O)c(O)cc3C2)C1. The minimum atomic E-state index is 0.0293. The average Bonchev–Trinajstić information content (AvgIpc) is 2.77. The van der Waals surface area contributed by atoms with Gasteiger partial charge in [-0.25, -0.2) is 0 Å². The fraction of sp³-hybridized carbons (Fsp3) is 0.625. The Balaban J connectivity index is 1.78. The number of benzene rings is 1. The molecule has 1 aromatic rings. The molecular weight excluding hydrogens is 224 g/mol. The van der Waals surface area contributed by atoms with Gasteiger partial charge in [0.25, 0.3) is 0 Å². The maximum absolute atomic E-state index is 9.62. The fourth-order valence-corrected chi connectivity index (χ4v) is 3.89. The van der Waals surface area contributed by atoms with Crippen molar-refractivity contribution in [2.24, 2.45) is 17.8 Å². The van der Waals surface area contributed by atoms with E-state index in [1.54, 1.807) is 12.1 Å². The Morgan fingerprint density at radius 3 is 2.33 bits per heavy atom. The zero-order chi connectivity index (χ0) is 12.7. The topological polar surface area (TPSA) is 40.5 Å². The van der Waals surface area contributed by atoms with Crippen molar-refractivity contribution >= 4 is 0 Å². The third-order valence-corrected chi connectivity index (χ3v) is 4.97. The Bertz CT molecular complexity index is 453. The summed E-state index contributed by atoms with van der Waals surface area (Å²) in [7, 11) is 0. The summed E-state index contributed by atoms with van der Waals surface area (Å²) in [5, 5.41) is 19.2. The van der Waals surface area contributed by atoms with Gasteiger partial charge in [-0.2, -0.15) is 0 Å². The van der Waals surface area contributed by atoms with Gasteiger partial charge in [0.1, 0.15) is 0 Å². The molecule has 2 aliphatic rings. The maximum Gasteiger partial charge on any atom is 0.157 e. The summed E-state index contributed by atoms with van der Waals surface area (Å²) in [4.78, 5) is 0. The van der Waals surface area contributed by atoms with Gasteiger partial charge in [-0.1, -0.05) is 13.3 Å². The highest BCUT2D eigenvalue weighted by molar-refractivity contribution is 5.46. The van der Waals surface area contributed by atoms with E-state index in [9.17, 15) is 10.2 Å². The van der Waals surface area contributed by atoms with Gasteiger partial charge in [0.05, 0.1) is 0 Å². The summed E-state index contributed by atoms with van der Waals surface area (Å²) in [6.07, 6.45) is 7.53. The molecule has 1 aromatic carbocycles. The van der Waals surface area contributed by atoms with E-state index in [0.717, 1.165) is 30.6 Å². The Kier molecular flexibility index (Phi) is 2.96. The number of hydrogen-bond acceptors (Lipinski definition) is 2. The number of rotatable bonds is 1. The van der Waals surface area contributed by atoms with E-state index in [4.69, 9.17) is 0 Å². The first-order valence-corrected chi connectivity index (χ1v) is 7.17. The van der Waals surface area contributed by atoms with Crippen molar-refractivity contribution in [3.05, 3.63) is 23.3 Å². The zero-order valence-electron chi connectivity index (χ0n) is 11.0. The summed E-state index contributed by atoms with van der Waals surface area (Å²) in [6, 6.07) is 3.52. The molecule has 2 heteroatoms. The third kappa shape index (κ3) is 2.09. The van der Waals surface area contributed by atoms with Crippen molar-refractivity contribution in [1.29, 1.82) is 0 Å². The molecule has 2 N–H and O–H groups in total. The second-order valence-corrected chi connectivity index (χ2v) is 6.29. The Morgan fingerprint density at radius 2 is 1.67 bits per heavy atom. The molecule has 2 nitrogen and oxygen atoms in total. The highest BCUT2D eigenvalue weighted by atomic mass is 16.3. The zero-order valence-corrected chi connectivity index (χ0v) is 11.0. The maximum atomic E-state index is 9.62. The Hall–Kier alpha value is -1.18. The summed E-state index contributed by atoms with van der Waals surface area (Å²) in [6.45, 7) is 2.36. The molecule has 0 aromatic heterocycles. The molecule has 0 saturated heterocycles. The first kappa shape index (κ1) is 11.9. The van der Waals surface area contributed by atoms with Crippen LogP contribution in [0.3, 0.4) is 0 Å². The van der Waals surface area contributed by atoms with Gasteiger partial charge in [0.2, 0.25) is 0 Å². The second-order valence-electron chi connectivity index (χ2n) is 6.29. The molecule has 0 radical (unpaired) electrons. The van der Waals surface area contributed by atoms with Crippen molar-refractivity contribution in [2.75, 3.05) is 0 Å². The number of phenolic OH excluding ortho intramolecular Hbond substituents is 2. The van der Waals surface area contributed by atoms with Gasteiger partial charge in [0, 0.05) is 0 Å². The van der Waals surface area contributed by atoms with Crippen LogP contribution in [0.1, 0.15) is 43.7 Å². The molecule has 3 unspecified atom stereocenters. The van der Waals surface area contributed by atoms with Crippen molar-refractivity contribution in [2.45, 2.75) is 45.4 Å². The van der Waals surface area contributed by atoms with Gasteiger partial charge in [-0.15, -0.1) is 0 Å². The van der Waals surface area contributed by atoms with E-state index >= 15 is 0 Å². The van der Waals surface area contributed by atoms with Crippen LogP contribution in [-0.2, 0) is 12.8 Å². The number of aryl methyl sites for hydroxylation is 1. The summed E-state index contributed by atoms with van der Waals surface area (Å²) >= 11 is 0. The molecule has 1 saturated carbocycles. The highest BCUT2D eigenvalue weighted by Gasteiger charge is 2.31. The number of phenols is 2. The van der Waals surface area contributed by atoms with Crippen LogP contribution < -0.4 is 0 Å². The van der Waals surface area contributed by atoms with E-state index in [1.165, 1.54) is 36.8 Å². The van der Waals surface area contributed by atoms with E-state index in [0.29, 0.717) is 0 Å². The lowest BCUT2D eigenvalue weighted by molar-refractivity contribution is 0.296. The quantitative estimate of drug-likeness (QED) is 0.743. The first-order valence-electron chi connectivity index (χ1n) is 7.17. The summed E-state index contributed by atoms with van der Waals surface area (Å²) in [5.74, 6) is 2.62.